The summed E-state index contributed by atoms with van der Waals surface area (Å²) in [6.45, 7) is 4.00. The van der Waals surface area contributed by atoms with Crippen LogP contribution in [0, 0.1) is 6.92 Å². The van der Waals surface area contributed by atoms with Crippen molar-refractivity contribution < 1.29 is 19.7 Å². The smallest absolute Gasteiger partial charge is 0.303 e. The standard InChI is InChI=1S/C18H20O4.H3N/c1-3-14-11-13(4-9-17(20)21)10-12(2)18(14)22-16-7-5-15(19)6-8-16;/h5-8,10-11,19H,3-4,9H2,1-2H3,(H,20,21);1H3. The topological polar surface area (TPSA) is 102 Å². The van der Waals surface area contributed by atoms with Gasteiger partial charge in [0.05, 0.1) is 0 Å². The third-order valence-corrected chi connectivity index (χ3v) is 3.48. The average molecular weight is 317 g/mol. The van der Waals surface area contributed by atoms with Crippen molar-refractivity contribution in [3.05, 3.63) is 53.1 Å². The van der Waals surface area contributed by atoms with Crippen LogP contribution in [0.25, 0.3) is 0 Å². The van der Waals surface area contributed by atoms with Gasteiger partial charge in [0.2, 0.25) is 0 Å². The Morgan fingerprint density at radius 3 is 2.39 bits per heavy atom. The van der Waals surface area contributed by atoms with Crippen molar-refractivity contribution in [2.75, 3.05) is 0 Å². The zero-order chi connectivity index (χ0) is 16.1. The number of hydrogen-bond acceptors (Lipinski definition) is 4. The molecule has 2 aromatic rings. The van der Waals surface area contributed by atoms with Gasteiger partial charge in [-0.1, -0.05) is 19.1 Å². The fraction of sp³-hybridized carbons (Fsp3) is 0.278. The van der Waals surface area contributed by atoms with Crippen LogP contribution in [0.3, 0.4) is 0 Å². The summed E-state index contributed by atoms with van der Waals surface area (Å²) in [5, 5.41) is 18.1. The van der Waals surface area contributed by atoms with Crippen molar-refractivity contribution in [1.29, 1.82) is 0 Å². The number of aromatic hydroxyl groups is 1. The van der Waals surface area contributed by atoms with E-state index in [1.165, 1.54) is 0 Å². The van der Waals surface area contributed by atoms with Crippen LogP contribution in [0.4, 0.5) is 0 Å². The Morgan fingerprint density at radius 1 is 1.17 bits per heavy atom. The number of aryl methyl sites for hydroxylation is 3. The zero-order valence-electron chi connectivity index (χ0n) is 13.5. The van der Waals surface area contributed by atoms with Crippen LogP contribution in [0.5, 0.6) is 17.2 Å². The maximum Gasteiger partial charge on any atom is 0.303 e. The second-order valence-electron chi connectivity index (χ2n) is 5.24. The van der Waals surface area contributed by atoms with E-state index in [-0.39, 0.29) is 18.3 Å². The minimum atomic E-state index is -0.792. The lowest BCUT2D eigenvalue weighted by atomic mass is 10.00. The number of hydrogen-bond donors (Lipinski definition) is 3. The molecule has 0 radical (unpaired) electrons. The summed E-state index contributed by atoms with van der Waals surface area (Å²) < 4.78 is 5.94. The molecule has 0 bridgehead atoms. The normalized spacial score (nSPS) is 10.0. The number of benzene rings is 2. The summed E-state index contributed by atoms with van der Waals surface area (Å²) in [6, 6.07) is 10.6. The van der Waals surface area contributed by atoms with E-state index in [1.54, 1.807) is 24.3 Å². The lowest BCUT2D eigenvalue weighted by Crippen LogP contribution is -2.00. The van der Waals surface area contributed by atoms with Crippen LogP contribution in [0.2, 0.25) is 0 Å². The quantitative estimate of drug-likeness (QED) is 0.739. The highest BCUT2D eigenvalue weighted by molar-refractivity contribution is 5.67. The number of carboxylic acids is 1. The molecule has 0 aromatic heterocycles. The van der Waals surface area contributed by atoms with Gasteiger partial charge >= 0.3 is 5.97 Å². The van der Waals surface area contributed by atoms with E-state index in [4.69, 9.17) is 9.84 Å². The van der Waals surface area contributed by atoms with Gasteiger partial charge in [-0.15, -0.1) is 0 Å². The molecular weight excluding hydrogens is 294 g/mol. The van der Waals surface area contributed by atoms with Crippen molar-refractivity contribution in [3.8, 4) is 17.2 Å². The molecule has 0 atom stereocenters. The van der Waals surface area contributed by atoms with Crippen LogP contribution in [0.1, 0.15) is 30.0 Å². The van der Waals surface area contributed by atoms with E-state index >= 15 is 0 Å². The van der Waals surface area contributed by atoms with Gasteiger partial charge in [-0.25, -0.2) is 0 Å². The SMILES string of the molecule is CCc1cc(CCC(=O)O)cc(C)c1Oc1ccc(O)cc1.N. The first-order valence-corrected chi connectivity index (χ1v) is 7.30. The molecule has 0 heterocycles. The fourth-order valence-electron chi connectivity index (χ4n) is 2.36. The van der Waals surface area contributed by atoms with Crippen molar-refractivity contribution in [2.45, 2.75) is 33.1 Å². The molecule has 0 amide bonds. The number of phenolic OH excluding ortho intramolecular Hbond substituents is 1. The third-order valence-electron chi connectivity index (χ3n) is 3.48. The molecular formula is C18H23NO4. The minimum Gasteiger partial charge on any atom is -0.508 e. The van der Waals surface area contributed by atoms with Crippen LogP contribution in [-0.4, -0.2) is 16.2 Å². The fourth-order valence-corrected chi connectivity index (χ4v) is 2.36. The van der Waals surface area contributed by atoms with E-state index in [9.17, 15) is 9.90 Å². The third kappa shape index (κ3) is 5.00. The molecule has 0 aliphatic rings. The first kappa shape index (κ1) is 18.5. The van der Waals surface area contributed by atoms with E-state index in [0.717, 1.165) is 28.9 Å². The highest BCUT2D eigenvalue weighted by Crippen LogP contribution is 2.31. The Hall–Kier alpha value is -2.53. The van der Waals surface area contributed by atoms with Gasteiger partial charge in [0.15, 0.2) is 0 Å². The lowest BCUT2D eigenvalue weighted by Gasteiger charge is -2.15. The van der Waals surface area contributed by atoms with E-state index < -0.39 is 5.97 Å². The Morgan fingerprint density at radius 2 is 1.83 bits per heavy atom. The molecule has 0 unspecified atom stereocenters. The van der Waals surface area contributed by atoms with Crippen LogP contribution < -0.4 is 10.9 Å². The molecule has 0 saturated carbocycles. The first-order chi connectivity index (χ1) is 10.5. The monoisotopic (exact) mass is 317 g/mol. The molecule has 23 heavy (non-hydrogen) atoms. The molecule has 0 aliphatic carbocycles. The predicted molar refractivity (Wildman–Crippen MR) is 89.7 cm³/mol. The van der Waals surface area contributed by atoms with Gasteiger partial charge in [-0.3, -0.25) is 4.79 Å². The maximum atomic E-state index is 10.7. The molecule has 5 N–H and O–H groups in total. The first-order valence-electron chi connectivity index (χ1n) is 7.30. The second-order valence-corrected chi connectivity index (χ2v) is 5.24. The minimum absolute atomic E-state index is 0. The summed E-state index contributed by atoms with van der Waals surface area (Å²) in [7, 11) is 0. The number of phenols is 1. The molecule has 2 aromatic carbocycles. The van der Waals surface area contributed by atoms with E-state index in [1.807, 2.05) is 26.0 Å². The van der Waals surface area contributed by atoms with Gasteiger partial charge in [0.25, 0.3) is 0 Å². The van der Waals surface area contributed by atoms with Gasteiger partial charge in [-0.2, -0.15) is 0 Å². The highest BCUT2D eigenvalue weighted by atomic mass is 16.5. The van der Waals surface area contributed by atoms with Crippen LogP contribution in [-0.2, 0) is 17.6 Å². The predicted octanol–water partition coefficient (Wildman–Crippen LogP) is 4.23. The largest absolute Gasteiger partial charge is 0.508 e. The molecule has 0 fully saturated rings. The number of rotatable bonds is 6. The Bertz CT molecular complexity index is 665. The molecule has 0 spiro atoms. The number of carbonyl (C=O) groups is 1. The van der Waals surface area contributed by atoms with E-state index in [0.29, 0.717) is 12.2 Å². The molecule has 124 valence electrons. The molecule has 5 nitrogen and oxygen atoms in total. The van der Waals surface area contributed by atoms with Crippen molar-refractivity contribution in [3.63, 3.8) is 0 Å². The van der Waals surface area contributed by atoms with E-state index in [2.05, 4.69) is 0 Å². The summed E-state index contributed by atoms with van der Waals surface area (Å²) in [4.78, 5) is 10.7. The Balaban J connectivity index is 0.00000264. The maximum absolute atomic E-state index is 10.7. The molecule has 2 rings (SSSR count). The van der Waals surface area contributed by atoms with Gasteiger partial charge in [-0.05, 0) is 60.7 Å². The summed E-state index contributed by atoms with van der Waals surface area (Å²) in [5.74, 6) is 0.866. The molecule has 0 aliphatic heterocycles. The number of ether oxygens (including phenoxy) is 1. The summed E-state index contributed by atoms with van der Waals surface area (Å²) >= 11 is 0. The Labute approximate surface area is 136 Å². The van der Waals surface area contributed by atoms with Gasteiger partial charge < -0.3 is 21.1 Å². The van der Waals surface area contributed by atoms with Crippen molar-refractivity contribution in [1.82, 2.24) is 6.15 Å². The zero-order valence-corrected chi connectivity index (χ0v) is 13.5. The number of carboxylic acid groups (broad SMARTS) is 1. The van der Waals surface area contributed by atoms with Gasteiger partial charge in [0.1, 0.15) is 17.2 Å². The van der Waals surface area contributed by atoms with Crippen LogP contribution in [0.15, 0.2) is 36.4 Å². The molecule has 0 saturated heterocycles. The van der Waals surface area contributed by atoms with Gasteiger partial charge in [0, 0.05) is 6.42 Å². The average Bonchev–Trinajstić information content (AvgIpc) is 2.49. The van der Waals surface area contributed by atoms with Crippen molar-refractivity contribution in [2.24, 2.45) is 0 Å². The summed E-state index contributed by atoms with van der Waals surface area (Å²) in [6.07, 6.45) is 1.44. The molecule has 5 heteroatoms. The second kappa shape index (κ2) is 8.19. The number of aliphatic carboxylic acids is 1. The lowest BCUT2D eigenvalue weighted by molar-refractivity contribution is -0.136. The van der Waals surface area contributed by atoms with Crippen LogP contribution >= 0.6 is 0 Å². The highest BCUT2D eigenvalue weighted by Gasteiger charge is 2.11. The summed E-state index contributed by atoms with van der Waals surface area (Å²) in [5.41, 5.74) is 3.04. The van der Waals surface area contributed by atoms with Crippen molar-refractivity contribution >= 4 is 5.97 Å². The Kier molecular flexibility index (Phi) is 6.60.